The molecule has 1 aromatic carbocycles. The molecule has 1 aliphatic heterocycles. The standard InChI is InChI=1S/C20H20N8O/c1-20(2,13-21)28-12-15(11-24-28)25-18-22-8-7-17(26-18)14-3-5-16(6-4-14)27-10-9-23-19(27)29/h3-8,11-12H,9-10H2,1-2H3,(H,23,29)(H,22,25,26). The Kier molecular flexibility index (Phi) is 4.60. The molecule has 0 unspecified atom stereocenters. The zero-order valence-electron chi connectivity index (χ0n) is 16.1. The molecule has 3 aromatic rings. The summed E-state index contributed by atoms with van der Waals surface area (Å²) < 4.78 is 1.59. The third-order valence-corrected chi connectivity index (χ3v) is 4.67. The van der Waals surface area contributed by atoms with Crippen LogP contribution in [0.5, 0.6) is 0 Å². The van der Waals surface area contributed by atoms with E-state index in [0.29, 0.717) is 24.7 Å². The summed E-state index contributed by atoms with van der Waals surface area (Å²) in [5, 5.41) is 19.4. The fourth-order valence-corrected chi connectivity index (χ4v) is 2.98. The Labute approximate surface area is 168 Å². The van der Waals surface area contributed by atoms with Crippen LogP contribution in [0.25, 0.3) is 11.3 Å². The molecular formula is C20H20N8O. The molecule has 2 aromatic heterocycles. The van der Waals surface area contributed by atoms with Crippen molar-refractivity contribution >= 4 is 23.4 Å². The molecule has 146 valence electrons. The number of benzene rings is 1. The van der Waals surface area contributed by atoms with E-state index >= 15 is 0 Å². The van der Waals surface area contributed by atoms with Crippen molar-refractivity contribution in [3.8, 4) is 17.3 Å². The molecule has 9 heteroatoms. The smallest absolute Gasteiger partial charge is 0.321 e. The van der Waals surface area contributed by atoms with E-state index in [4.69, 9.17) is 0 Å². The van der Waals surface area contributed by atoms with Gasteiger partial charge in [0, 0.05) is 30.5 Å². The maximum Gasteiger partial charge on any atom is 0.321 e. The third-order valence-electron chi connectivity index (χ3n) is 4.67. The minimum absolute atomic E-state index is 0.0774. The molecule has 9 nitrogen and oxygen atoms in total. The second-order valence-electron chi connectivity index (χ2n) is 7.17. The predicted octanol–water partition coefficient (Wildman–Crippen LogP) is 2.87. The number of aromatic nitrogens is 4. The molecule has 0 saturated carbocycles. The highest BCUT2D eigenvalue weighted by Crippen LogP contribution is 2.24. The Hall–Kier alpha value is -3.93. The molecule has 3 heterocycles. The van der Waals surface area contributed by atoms with Gasteiger partial charge in [0.25, 0.3) is 0 Å². The summed E-state index contributed by atoms with van der Waals surface area (Å²) in [5.74, 6) is 0.430. The van der Waals surface area contributed by atoms with E-state index in [-0.39, 0.29) is 6.03 Å². The van der Waals surface area contributed by atoms with Crippen LogP contribution in [-0.2, 0) is 5.54 Å². The van der Waals surface area contributed by atoms with Crippen molar-refractivity contribution in [2.24, 2.45) is 0 Å². The van der Waals surface area contributed by atoms with Gasteiger partial charge >= 0.3 is 6.03 Å². The van der Waals surface area contributed by atoms with Crippen molar-refractivity contribution in [2.45, 2.75) is 19.4 Å². The summed E-state index contributed by atoms with van der Waals surface area (Å²) in [6.45, 7) is 4.90. The van der Waals surface area contributed by atoms with Crippen molar-refractivity contribution in [1.82, 2.24) is 25.1 Å². The van der Waals surface area contributed by atoms with Crippen molar-refractivity contribution in [1.29, 1.82) is 5.26 Å². The first-order chi connectivity index (χ1) is 14.0. The summed E-state index contributed by atoms with van der Waals surface area (Å²) in [5.41, 5.74) is 2.48. The van der Waals surface area contributed by atoms with Crippen LogP contribution in [0, 0.1) is 11.3 Å². The van der Waals surface area contributed by atoms with Crippen LogP contribution in [0.15, 0.2) is 48.9 Å². The van der Waals surface area contributed by atoms with E-state index < -0.39 is 5.54 Å². The maximum absolute atomic E-state index is 11.8. The molecule has 1 aliphatic rings. The second kappa shape index (κ2) is 7.24. The Morgan fingerprint density at radius 2 is 2.03 bits per heavy atom. The Morgan fingerprint density at radius 1 is 1.24 bits per heavy atom. The Bertz CT molecular complexity index is 1080. The number of nitrogens with one attached hydrogen (secondary N) is 2. The summed E-state index contributed by atoms with van der Waals surface area (Å²) in [6, 6.07) is 11.6. The lowest BCUT2D eigenvalue weighted by Crippen LogP contribution is -2.27. The van der Waals surface area contributed by atoms with Gasteiger partial charge in [-0.3, -0.25) is 9.58 Å². The van der Waals surface area contributed by atoms with E-state index in [9.17, 15) is 10.1 Å². The number of hydrogen-bond donors (Lipinski definition) is 2. The van der Waals surface area contributed by atoms with Crippen molar-refractivity contribution in [3.05, 3.63) is 48.9 Å². The van der Waals surface area contributed by atoms with Gasteiger partial charge in [0.1, 0.15) is 5.54 Å². The number of urea groups is 1. The van der Waals surface area contributed by atoms with Crippen LogP contribution < -0.4 is 15.5 Å². The van der Waals surface area contributed by atoms with E-state index in [1.807, 2.05) is 30.3 Å². The van der Waals surface area contributed by atoms with Crippen LogP contribution in [0.2, 0.25) is 0 Å². The second-order valence-corrected chi connectivity index (χ2v) is 7.17. The van der Waals surface area contributed by atoms with E-state index in [0.717, 1.165) is 16.9 Å². The van der Waals surface area contributed by atoms with Gasteiger partial charge in [-0.15, -0.1) is 0 Å². The largest absolute Gasteiger partial charge is 0.336 e. The maximum atomic E-state index is 11.8. The molecule has 0 atom stereocenters. The number of carbonyl (C=O) groups excluding carboxylic acids is 1. The molecule has 1 fully saturated rings. The zero-order chi connectivity index (χ0) is 20.4. The zero-order valence-corrected chi connectivity index (χ0v) is 16.1. The minimum atomic E-state index is -0.739. The summed E-state index contributed by atoms with van der Waals surface area (Å²) >= 11 is 0. The molecule has 0 spiro atoms. The number of amides is 2. The number of nitriles is 1. The molecule has 0 bridgehead atoms. The van der Waals surface area contributed by atoms with Gasteiger partial charge in [0.15, 0.2) is 0 Å². The van der Waals surface area contributed by atoms with Gasteiger partial charge in [-0.25, -0.2) is 14.8 Å². The summed E-state index contributed by atoms with van der Waals surface area (Å²) in [6.07, 6.45) is 5.05. The van der Waals surface area contributed by atoms with Gasteiger partial charge in [-0.05, 0) is 32.0 Å². The van der Waals surface area contributed by atoms with Crippen LogP contribution in [-0.4, -0.2) is 38.9 Å². The first kappa shape index (κ1) is 18.4. The lowest BCUT2D eigenvalue weighted by Gasteiger charge is -2.15. The monoisotopic (exact) mass is 388 g/mol. The fourth-order valence-electron chi connectivity index (χ4n) is 2.98. The van der Waals surface area contributed by atoms with Gasteiger partial charge in [0.05, 0.1) is 29.8 Å². The normalized spacial score (nSPS) is 13.8. The first-order valence-corrected chi connectivity index (χ1v) is 9.18. The number of carbonyl (C=O) groups is 1. The van der Waals surface area contributed by atoms with Crippen LogP contribution >= 0.6 is 0 Å². The summed E-state index contributed by atoms with van der Waals surface area (Å²) in [4.78, 5) is 22.3. The molecule has 29 heavy (non-hydrogen) atoms. The Balaban J connectivity index is 1.52. The van der Waals surface area contributed by atoms with E-state index in [1.165, 1.54) is 0 Å². The topological polar surface area (TPSA) is 112 Å². The molecule has 2 N–H and O–H groups in total. The number of anilines is 3. The fraction of sp³-hybridized carbons (Fsp3) is 0.250. The van der Waals surface area contributed by atoms with Crippen LogP contribution in [0.4, 0.5) is 22.1 Å². The molecule has 4 rings (SSSR count). The highest BCUT2D eigenvalue weighted by molar-refractivity contribution is 5.94. The van der Waals surface area contributed by atoms with E-state index in [1.54, 1.807) is 42.0 Å². The van der Waals surface area contributed by atoms with Crippen LogP contribution in [0.3, 0.4) is 0 Å². The molecule has 0 radical (unpaired) electrons. The minimum Gasteiger partial charge on any atom is -0.336 e. The molecule has 1 saturated heterocycles. The average molecular weight is 388 g/mol. The van der Waals surface area contributed by atoms with Crippen molar-refractivity contribution in [2.75, 3.05) is 23.3 Å². The van der Waals surface area contributed by atoms with Crippen LogP contribution in [0.1, 0.15) is 13.8 Å². The lowest BCUT2D eigenvalue weighted by atomic mass is 10.1. The number of nitrogens with zero attached hydrogens (tertiary/aromatic N) is 6. The first-order valence-electron chi connectivity index (χ1n) is 9.18. The number of rotatable bonds is 5. The highest BCUT2D eigenvalue weighted by atomic mass is 16.2. The van der Waals surface area contributed by atoms with Gasteiger partial charge < -0.3 is 10.6 Å². The average Bonchev–Trinajstić information content (AvgIpc) is 3.38. The van der Waals surface area contributed by atoms with Crippen molar-refractivity contribution in [3.63, 3.8) is 0 Å². The predicted molar refractivity (Wildman–Crippen MR) is 109 cm³/mol. The van der Waals surface area contributed by atoms with Gasteiger partial charge in [0.2, 0.25) is 5.95 Å². The summed E-state index contributed by atoms with van der Waals surface area (Å²) in [7, 11) is 0. The molecular weight excluding hydrogens is 368 g/mol. The van der Waals surface area contributed by atoms with Gasteiger partial charge in [-0.1, -0.05) is 12.1 Å². The SMILES string of the molecule is CC(C)(C#N)n1cc(Nc2nccc(-c3ccc(N4CCNC4=O)cc3)n2)cn1. The van der Waals surface area contributed by atoms with Gasteiger partial charge in [-0.2, -0.15) is 10.4 Å². The highest BCUT2D eigenvalue weighted by Gasteiger charge is 2.21. The lowest BCUT2D eigenvalue weighted by molar-refractivity contribution is 0.252. The third kappa shape index (κ3) is 3.73. The number of hydrogen-bond acceptors (Lipinski definition) is 6. The quantitative estimate of drug-likeness (QED) is 0.695. The van der Waals surface area contributed by atoms with Crippen molar-refractivity contribution < 1.29 is 4.79 Å². The Morgan fingerprint density at radius 3 is 2.72 bits per heavy atom. The molecule has 2 amide bonds. The molecule has 0 aliphatic carbocycles. The van der Waals surface area contributed by atoms with E-state index in [2.05, 4.69) is 31.8 Å².